The molecule has 0 unspecified atom stereocenters. The fourth-order valence-corrected chi connectivity index (χ4v) is 5.80. The summed E-state index contributed by atoms with van der Waals surface area (Å²) >= 11 is 1.40. The first-order chi connectivity index (χ1) is 19.1. The molecule has 0 amide bonds. The van der Waals surface area contributed by atoms with Gasteiger partial charge < -0.3 is 28.4 Å². The molecule has 0 spiro atoms. The van der Waals surface area contributed by atoms with Crippen molar-refractivity contribution in [2.45, 2.75) is 23.6 Å². The van der Waals surface area contributed by atoms with E-state index in [1.165, 1.54) is 33.1 Å². The summed E-state index contributed by atoms with van der Waals surface area (Å²) in [6, 6.07) is 17.3. The molecule has 0 aliphatic carbocycles. The molecule has 0 radical (unpaired) electrons. The third kappa shape index (κ3) is 4.28. The number of hydrogen-bond acceptors (Lipinski definition) is 10. The van der Waals surface area contributed by atoms with Gasteiger partial charge in [-0.15, -0.1) is 10.2 Å². The van der Waals surface area contributed by atoms with E-state index in [0.29, 0.717) is 62.2 Å². The van der Waals surface area contributed by atoms with E-state index in [9.17, 15) is 4.79 Å². The molecule has 39 heavy (non-hydrogen) atoms. The number of carbonyl (C=O) groups excluding carboxylic acids is 1. The van der Waals surface area contributed by atoms with Gasteiger partial charge in [0.15, 0.2) is 40.1 Å². The minimum Gasteiger partial charge on any atom is -0.492 e. The number of methoxy groups -OCH3 is 3. The molecule has 200 valence electrons. The largest absolute Gasteiger partial charge is 0.492 e. The van der Waals surface area contributed by atoms with Crippen molar-refractivity contribution in [3.8, 4) is 34.4 Å². The van der Waals surface area contributed by atoms with Gasteiger partial charge in [0.2, 0.25) is 5.75 Å². The van der Waals surface area contributed by atoms with Crippen LogP contribution in [0.3, 0.4) is 0 Å². The van der Waals surface area contributed by atoms with Crippen LogP contribution >= 0.6 is 11.8 Å². The number of cyclic esters (lactones) is 1. The molecule has 11 heteroatoms. The van der Waals surface area contributed by atoms with Crippen LogP contribution in [0, 0.1) is 0 Å². The second-order valence-corrected chi connectivity index (χ2v) is 9.62. The van der Waals surface area contributed by atoms with Gasteiger partial charge in [0, 0.05) is 17.0 Å². The molecule has 3 aromatic carbocycles. The van der Waals surface area contributed by atoms with Crippen LogP contribution in [0.1, 0.15) is 33.4 Å². The van der Waals surface area contributed by atoms with Gasteiger partial charge in [0.1, 0.15) is 13.2 Å². The Bertz CT molecular complexity index is 1540. The molecule has 2 aliphatic heterocycles. The van der Waals surface area contributed by atoms with Gasteiger partial charge in [-0.25, -0.2) is 4.79 Å². The van der Waals surface area contributed by atoms with Crippen LogP contribution in [0.4, 0.5) is 0 Å². The number of rotatable bonds is 8. The predicted molar refractivity (Wildman–Crippen MR) is 141 cm³/mol. The van der Waals surface area contributed by atoms with E-state index in [0.717, 1.165) is 5.69 Å². The number of thioether (sulfide) groups is 1. The monoisotopic (exact) mass is 547 g/mol. The van der Waals surface area contributed by atoms with Crippen molar-refractivity contribution in [1.29, 1.82) is 0 Å². The summed E-state index contributed by atoms with van der Waals surface area (Å²) in [6.07, 6.45) is -0.475. The van der Waals surface area contributed by atoms with Gasteiger partial charge in [0.05, 0.1) is 32.5 Å². The van der Waals surface area contributed by atoms with E-state index in [4.69, 9.17) is 28.4 Å². The van der Waals surface area contributed by atoms with Gasteiger partial charge in [-0.1, -0.05) is 42.1 Å². The average Bonchev–Trinajstić information content (AvgIpc) is 3.59. The first-order valence-corrected chi connectivity index (χ1v) is 13.2. The highest BCUT2D eigenvalue weighted by Crippen LogP contribution is 2.49. The van der Waals surface area contributed by atoms with E-state index in [2.05, 4.69) is 10.2 Å². The molecule has 1 aromatic heterocycles. The average molecular weight is 548 g/mol. The van der Waals surface area contributed by atoms with E-state index < -0.39 is 12.1 Å². The van der Waals surface area contributed by atoms with Crippen LogP contribution in [0.25, 0.3) is 5.69 Å². The molecule has 10 nitrogen and oxygen atoms in total. The maximum atomic E-state index is 12.8. The zero-order valence-corrected chi connectivity index (χ0v) is 22.3. The number of fused-ring (bicyclic) bond motifs is 2. The van der Waals surface area contributed by atoms with E-state index in [1.807, 2.05) is 59.2 Å². The lowest BCUT2D eigenvalue weighted by Crippen LogP contribution is -2.24. The zero-order chi connectivity index (χ0) is 26.9. The number of nitrogens with zero attached hydrogens (tertiary/aromatic N) is 3. The number of ether oxygens (including phenoxy) is 6. The lowest BCUT2D eigenvalue weighted by atomic mass is 10.0. The van der Waals surface area contributed by atoms with Crippen LogP contribution < -0.4 is 23.7 Å². The van der Waals surface area contributed by atoms with Crippen molar-refractivity contribution in [3.63, 3.8) is 0 Å². The summed E-state index contributed by atoms with van der Waals surface area (Å²) in [5, 5.41) is 9.63. The van der Waals surface area contributed by atoms with Crippen molar-refractivity contribution in [2.75, 3.05) is 27.9 Å². The van der Waals surface area contributed by atoms with E-state index in [-0.39, 0.29) is 13.2 Å². The number of para-hydroxylation sites is 3. The Morgan fingerprint density at radius 3 is 2.36 bits per heavy atom. The molecular weight excluding hydrogens is 522 g/mol. The third-order valence-electron chi connectivity index (χ3n) is 6.54. The van der Waals surface area contributed by atoms with Gasteiger partial charge >= 0.3 is 5.97 Å². The second kappa shape index (κ2) is 10.4. The Kier molecular flexibility index (Phi) is 6.65. The highest BCUT2D eigenvalue weighted by molar-refractivity contribution is 7.98. The van der Waals surface area contributed by atoms with E-state index in [1.54, 1.807) is 0 Å². The molecule has 3 heterocycles. The number of benzene rings is 3. The number of aromatic nitrogens is 3. The standard InChI is InChI=1S/C28H25N3O7S/c1-33-23-17-13-37-27(32)22(17)18(24(34-2)25(23)35-3)15-39-28-30-29-26(31(28)16-9-5-4-6-10-16)21-14-36-19-11-7-8-12-20(19)38-21/h4-12,21H,13-15H2,1-3H3/t21-/m0/s1. The Morgan fingerprint density at radius 1 is 0.897 bits per heavy atom. The maximum Gasteiger partial charge on any atom is 0.339 e. The number of esters is 1. The fraction of sp³-hybridized carbons (Fsp3) is 0.250. The summed E-state index contributed by atoms with van der Waals surface area (Å²) in [6.45, 7) is 0.385. The number of carbonyl (C=O) groups is 1. The van der Waals surface area contributed by atoms with Crippen molar-refractivity contribution in [3.05, 3.63) is 77.1 Å². The smallest absolute Gasteiger partial charge is 0.339 e. The van der Waals surface area contributed by atoms with Crippen LogP contribution in [0.15, 0.2) is 59.8 Å². The van der Waals surface area contributed by atoms with Crippen molar-refractivity contribution >= 4 is 17.7 Å². The van der Waals surface area contributed by atoms with Crippen molar-refractivity contribution in [1.82, 2.24) is 14.8 Å². The molecule has 2 aliphatic rings. The molecule has 0 saturated carbocycles. The quantitative estimate of drug-likeness (QED) is 0.226. The predicted octanol–water partition coefficient (Wildman–Crippen LogP) is 4.77. The van der Waals surface area contributed by atoms with Crippen LogP contribution in [-0.4, -0.2) is 48.7 Å². The van der Waals surface area contributed by atoms with Crippen LogP contribution in [0.2, 0.25) is 0 Å². The topological polar surface area (TPSA) is 103 Å². The molecule has 4 aromatic rings. The molecular formula is C28H25N3O7S. The zero-order valence-electron chi connectivity index (χ0n) is 21.5. The fourth-order valence-electron chi connectivity index (χ4n) is 4.82. The maximum absolute atomic E-state index is 12.8. The lowest BCUT2D eigenvalue weighted by Gasteiger charge is -2.26. The molecule has 0 N–H and O–H groups in total. The van der Waals surface area contributed by atoms with Gasteiger partial charge in [0.25, 0.3) is 0 Å². The summed E-state index contributed by atoms with van der Waals surface area (Å²) in [7, 11) is 4.58. The summed E-state index contributed by atoms with van der Waals surface area (Å²) in [5.74, 6) is 3.07. The molecule has 1 atom stereocenters. The van der Waals surface area contributed by atoms with Crippen LogP contribution in [0.5, 0.6) is 28.7 Å². The number of hydrogen-bond donors (Lipinski definition) is 0. The minimum atomic E-state index is -0.475. The summed E-state index contributed by atoms with van der Waals surface area (Å²) in [5.41, 5.74) is 2.55. The van der Waals surface area contributed by atoms with Gasteiger partial charge in [-0.3, -0.25) is 4.57 Å². The Hall–Kier alpha value is -4.38. The Morgan fingerprint density at radius 2 is 1.62 bits per heavy atom. The Balaban J connectivity index is 1.40. The van der Waals surface area contributed by atoms with E-state index >= 15 is 0 Å². The summed E-state index contributed by atoms with van der Waals surface area (Å²) in [4.78, 5) is 12.8. The highest BCUT2D eigenvalue weighted by Gasteiger charge is 2.36. The lowest BCUT2D eigenvalue weighted by molar-refractivity contribution is 0.0533. The first kappa shape index (κ1) is 24.9. The van der Waals surface area contributed by atoms with Gasteiger partial charge in [-0.05, 0) is 24.3 Å². The highest BCUT2D eigenvalue weighted by atomic mass is 32.2. The van der Waals surface area contributed by atoms with Gasteiger partial charge in [-0.2, -0.15) is 0 Å². The first-order valence-electron chi connectivity index (χ1n) is 12.2. The molecule has 0 fully saturated rings. The SMILES string of the molecule is COc1c2c(c(CSc3nnc([C@@H]4COc5ccccc5O4)n3-c3ccccc3)c(OC)c1OC)C(=O)OC2. The van der Waals surface area contributed by atoms with Crippen molar-refractivity contribution < 1.29 is 33.2 Å². The molecule has 6 rings (SSSR count). The normalized spacial score (nSPS) is 15.5. The molecule has 0 saturated heterocycles. The third-order valence-corrected chi connectivity index (χ3v) is 7.50. The minimum absolute atomic E-state index is 0.0974. The molecule has 0 bridgehead atoms. The second-order valence-electron chi connectivity index (χ2n) is 8.67. The van der Waals surface area contributed by atoms with Crippen LogP contribution in [-0.2, 0) is 17.1 Å². The van der Waals surface area contributed by atoms with Crippen molar-refractivity contribution in [2.24, 2.45) is 0 Å². The Labute approximate surface area is 228 Å². The summed E-state index contributed by atoms with van der Waals surface area (Å²) < 4.78 is 36.4.